The molecule has 1 aliphatic heterocycles. The molecule has 4 rings (SSSR count). The van der Waals surface area contributed by atoms with Gasteiger partial charge in [0.25, 0.3) is 11.5 Å². The van der Waals surface area contributed by atoms with Gasteiger partial charge in [-0.1, -0.05) is 0 Å². The summed E-state index contributed by atoms with van der Waals surface area (Å²) >= 11 is 0. The number of nitrogens with zero attached hydrogens (tertiary/aromatic N) is 1. The molecule has 2 amide bonds. The van der Waals surface area contributed by atoms with Gasteiger partial charge in [-0.25, -0.2) is 17.8 Å². The number of hydrogen-bond acceptors (Lipinski definition) is 7. The molecular formula is C22H18F3N5O7S. The molecule has 0 fully saturated rings. The van der Waals surface area contributed by atoms with Crippen molar-refractivity contribution in [1.82, 2.24) is 14.3 Å². The molecule has 4 N–H and O–H groups in total. The van der Waals surface area contributed by atoms with Crippen LogP contribution in [0.5, 0.6) is 5.75 Å². The molecule has 12 nitrogen and oxygen atoms in total. The first-order valence-electron chi connectivity index (χ1n) is 10.6. The van der Waals surface area contributed by atoms with Gasteiger partial charge in [0.1, 0.15) is 11.6 Å². The Balaban J connectivity index is 1.91. The number of amides is 2. The Morgan fingerprint density at radius 1 is 1.03 bits per heavy atom. The largest absolute Gasteiger partial charge is 0.497 e. The summed E-state index contributed by atoms with van der Waals surface area (Å²) in [5.74, 6) is -2.95. The molecule has 0 aliphatic carbocycles. The minimum absolute atomic E-state index is 0.0574. The number of benzene rings is 2. The van der Waals surface area contributed by atoms with Crippen molar-refractivity contribution < 1.29 is 35.9 Å². The fourth-order valence-corrected chi connectivity index (χ4v) is 5.23. The van der Waals surface area contributed by atoms with E-state index in [1.807, 2.05) is 5.32 Å². The van der Waals surface area contributed by atoms with Crippen molar-refractivity contribution in [3.63, 3.8) is 0 Å². The molecule has 38 heavy (non-hydrogen) atoms. The fourth-order valence-electron chi connectivity index (χ4n) is 3.90. The molecule has 0 saturated carbocycles. The Labute approximate surface area is 211 Å². The van der Waals surface area contributed by atoms with Crippen LogP contribution in [0.15, 0.2) is 63.0 Å². The SMILES string of the molecule is COc1ccc(-n2c3c(c(=O)[nH]c2=O)C(NS(=O)(=O)c2ccc(NC(C)=O)cc2)(C(F)(F)F)C(=O)N3)cc1. The number of nitrogens with one attached hydrogen (secondary N) is 4. The van der Waals surface area contributed by atoms with Gasteiger partial charge >= 0.3 is 11.9 Å². The number of hydrogen-bond donors (Lipinski definition) is 4. The molecule has 0 radical (unpaired) electrons. The Kier molecular flexibility index (Phi) is 6.40. The highest BCUT2D eigenvalue weighted by Crippen LogP contribution is 2.46. The Morgan fingerprint density at radius 2 is 1.63 bits per heavy atom. The predicted octanol–water partition coefficient (Wildman–Crippen LogP) is 1.18. The number of fused-ring (bicyclic) bond motifs is 1. The maximum atomic E-state index is 14.6. The molecule has 16 heteroatoms. The van der Waals surface area contributed by atoms with Gasteiger partial charge in [-0.15, -0.1) is 0 Å². The van der Waals surface area contributed by atoms with E-state index in [0.29, 0.717) is 10.3 Å². The number of aromatic amines is 1. The van der Waals surface area contributed by atoms with Crippen molar-refractivity contribution >= 4 is 33.3 Å². The van der Waals surface area contributed by atoms with Gasteiger partial charge in [0, 0.05) is 12.6 Å². The maximum absolute atomic E-state index is 14.6. The maximum Gasteiger partial charge on any atom is 0.421 e. The lowest BCUT2D eigenvalue weighted by Crippen LogP contribution is -2.61. The lowest BCUT2D eigenvalue weighted by molar-refractivity contribution is -0.194. The van der Waals surface area contributed by atoms with Crippen LogP contribution in [0.4, 0.5) is 24.7 Å². The summed E-state index contributed by atoms with van der Waals surface area (Å²) in [6.07, 6.45) is -5.68. The summed E-state index contributed by atoms with van der Waals surface area (Å²) in [6, 6.07) is 9.33. The predicted molar refractivity (Wildman–Crippen MR) is 127 cm³/mol. The summed E-state index contributed by atoms with van der Waals surface area (Å²) in [6.45, 7) is 1.19. The average molecular weight is 553 g/mol. The van der Waals surface area contributed by atoms with Crippen LogP contribution in [0, 0.1) is 0 Å². The van der Waals surface area contributed by atoms with Crippen LogP contribution in [0.1, 0.15) is 12.5 Å². The van der Waals surface area contributed by atoms with Gasteiger partial charge < -0.3 is 15.4 Å². The standard InChI is InChI=1S/C22H18F3N5O7S/c1-11(31)26-12-3-9-15(10-4-12)38(35,36)29-21(22(23,24)25)16-17(27-19(21)33)30(20(34)28-18(16)32)13-5-7-14(37-2)8-6-13/h3-10,29H,1-2H3,(H,26,31)(H,27,33)(H,28,32,34). The monoisotopic (exact) mass is 553 g/mol. The molecule has 1 aliphatic rings. The third kappa shape index (κ3) is 4.32. The third-order valence-corrected chi connectivity index (χ3v) is 7.05. The van der Waals surface area contributed by atoms with Crippen molar-refractivity contribution in [1.29, 1.82) is 0 Å². The van der Waals surface area contributed by atoms with Gasteiger partial charge in [-0.05, 0) is 48.5 Å². The Hall–Kier alpha value is -4.44. The zero-order valence-electron chi connectivity index (χ0n) is 19.5. The fraction of sp³-hybridized carbons (Fsp3) is 0.182. The number of sulfonamides is 1. The molecule has 200 valence electrons. The minimum atomic E-state index is -5.68. The van der Waals surface area contributed by atoms with E-state index in [1.165, 1.54) is 43.0 Å². The van der Waals surface area contributed by atoms with Crippen LogP contribution in [-0.4, -0.2) is 43.1 Å². The van der Waals surface area contributed by atoms with E-state index in [1.54, 1.807) is 4.98 Å². The number of rotatable bonds is 6. The molecule has 2 aromatic carbocycles. The summed E-state index contributed by atoms with van der Waals surface area (Å²) in [4.78, 5) is 50.5. The lowest BCUT2D eigenvalue weighted by Gasteiger charge is -2.29. The highest BCUT2D eigenvalue weighted by molar-refractivity contribution is 7.89. The zero-order valence-corrected chi connectivity index (χ0v) is 20.3. The molecule has 1 unspecified atom stereocenters. The van der Waals surface area contributed by atoms with Crippen molar-refractivity contribution in [2.75, 3.05) is 17.7 Å². The summed E-state index contributed by atoms with van der Waals surface area (Å²) < 4.78 is 76.9. The summed E-state index contributed by atoms with van der Waals surface area (Å²) in [5.41, 5.74) is -8.18. The molecule has 0 bridgehead atoms. The van der Waals surface area contributed by atoms with Crippen LogP contribution in [-0.2, 0) is 25.2 Å². The van der Waals surface area contributed by atoms with Crippen LogP contribution >= 0.6 is 0 Å². The first-order valence-corrected chi connectivity index (χ1v) is 12.0. The first-order chi connectivity index (χ1) is 17.7. The second-order valence-corrected chi connectivity index (χ2v) is 9.71. The number of carbonyl (C=O) groups is 2. The Bertz CT molecular complexity index is 1660. The number of ether oxygens (including phenoxy) is 1. The van der Waals surface area contributed by atoms with E-state index < -0.39 is 61.1 Å². The number of methoxy groups -OCH3 is 1. The van der Waals surface area contributed by atoms with Crippen molar-refractivity contribution in [2.45, 2.75) is 23.5 Å². The summed E-state index contributed by atoms with van der Waals surface area (Å²) in [5, 5.41) is 4.22. The molecule has 1 atom stereocenters. The molecule has 0 saturated heterocycles. The van der Waals surface area contributed by atoms with Gasteiger partial charge in [-0.3, -0.25) is 19.4 Å². The average Bonchev–Trinajstić information content (AvgIpc) is 3.12. The second kappa shape index (κ2) is 9.14. The van der Waals surface area contributed by atoms with E-state index in [0.717, 1.165) is 24.3 Å². The van der Waals surface area contributed by atoms with Crippen LogP contribution in [0.2, 0.25) is 0 Å². The van der Waals surface area contributed by atoms with Crippen LogP contribution in [0.3, 0.4) is 0 Å². The smallest absolute Gasteiger partial charge is 0.421 e. The van der Waals surface area contributed by atoms with E-state index in [4.69, 9.17) is 4.74 Å². The van der Waals surface area contributed by atoms with Crippen molar-refractivity contribution in [3.05, 3.63) is 74.9 Å². The van der Waals surface area contributed by atoms with E-state index in [9.17, 15) is 40.8 Å². The highest BCUT2D eigenvalue weighted by atomic mass is 32.2. The van der Waals surface area contributed by atoms with Gasteiger partial charge in [0.2, 0.25) is 21.5 Å². The quantitative estimate of drug-likeness (QED) is 0.355. The van der Waals surface area contributed by atoms with Gasteiger partial charge in [-0.2, -0.15) is 17.9 Å². The zero-order chi connectivity index (χ0) is 28.0. The first kappa shape index (κ1) is 26.6. The second-order valence-electron chi connectivity index (χ2n) is 8.03. The topological polar surface area (TPSA) is 168 Å². The Morgan fingerprint density at radius 3 is 2.16 bits per heavy atom. The number of aromatic nitrogens is 2. The number of H-pyrrole nitrogens is 1. The lowest BCUT2D eigenvalue weighted by atomic mass is 9.93. The number of anilines is 2. The number of halogens is 3. The van der Waals surface area contributed by atoms with Crippen LogP contribution in [0.25, 0.3) is 5.69 Å². The van der Waals surface area contributed by atoms with Crippen molar-refractivity contribution in [2.24, 2.45) is 0 Å². The summed E-state index contributed by atoms with van der Waals surface area (Å²) in [7, 11) is -3.76. The van der Waals surface area contributed by atoms with E-state index in [-0.39, 0.29) is 11.4 Å². The molecule has 1 aromatic heterocycles. The molecule has 2 heterocycles. The number of carbonyl (C=O) groups excluding carboxylic acids is 2. The van der Waals surface area contributed by atoms with Crippen LogP contribution < -0.4 is 31.3 Å². The van der Waals surface area contributed by atoms with E-state index in [2.05, 4.69) is 5.32 Å². The molecular weight excluding hydrogens is 535 g/mol. The highest BCUT2D eigenvalue weighted by Gasteiger charge is 2.69. The number of alkyl halides is 3. The van der Waals surface area contributed by atoms with Gasteiger partial charge in [0.15, 0.2) is 0 Å². The molecule has 0 spiro atoms. The van der Waals surface area contributed by atoms with Gasteiger partial charge in [0.05, 0.1) is 23.3 Å². The van der Waals surface area contributed by atoms with Crippen molar-refractivity contribution in [3.8, 4) is 11.4 Å². The molecule has 3 aromatic rings. The van der Waals surface area contributed by atoms with E-state index >= 15 is 0 Å². The minimum Gasteiger partial charge on any atom is -0.497 e. The third-order valence-electron chi connectivity index (χ3n) is 5.59. The normalized spacial score (nSPS) is 17.0.